The van der Waals surface area contributed by atoms with Crippen molar-refractivity contribution in [3.8, 4) is 0 Å². The minimum Gasteiger partial charge on any atom is -0.459 e. The number of benzene rings is 1. The van der Waals surface area contributed by atoms with E-state index in [-0.39, 0.29) is 6.04 Å². The lowest BCUT2D eigenvalue weighted by molar-refractivity contribution is 0.0924. The topological polar surface area (TPSA) is 34.4 Å². The van der Waals surface area contributed by atoms with Crippen LogP contribution in [0, 0.1) is 6.92 Å². The third-order valence-corrected chi connectivity index (χ3v) is 4.01. The zero-order valence-electron chi connectivity index (χ0n) is 12.3. The van der Waals surface area contributed by atoms with Crippen molar-refractivity contribution in [3.63, 3.8) is 0 Å². The van der Waals surface area contributed by atoms with Crippen molar-refractivity contribution in [2.45, 2.75) is 45.3 Å². The summed E-state index contributed by atoms with van der Waals surface area (Å²) >= 11 is 0. The molecule has 0 bridgehead atoms. The van der Waals surface area contributed by atoms with E-state index in [0.717, 1.165) is 30.9 Å². The number of hydrogen-bond acceptors (Lipinski definition) is 3. The fourth-order valence-corrected chi connectivity index (χ4v) is 2.99. The van der Waals surface area contributed by atoms with Crippen molar-refractivity contribution in [1.29, 1.82) is 0 Å². The highest BCUT2D eigenvalue weighted by molar-refractivity contribution is 5.78. The molecule has 1 N–H and O–H groups in total. The number of furan rings is 1. The third kappa shape index (κ3) is 2.89. The Balaban J connectivity index is 1.83. The molecule has 108 valence electrons. The molecule has 3 nitrogen and oxygen atoms in total. The van der Waals surface area contributed by atoms with Crippen LogP contribution in [-0.4, -0.2) is 19.3 Å². The molecule has 1 aliphatic rings. The van der Waals surface area contributed by atoms with Crippen molar-refractivity contribution in [2.24, 2.45) is 0 Å². The van der Waals surface area contributed by atoms with Gasteiger partial charge in [-0.15, -0.1) is 0 Å². The lowest BCUT2D eigenvalue weighted by Gasteiger charge is -2.19. The van der Waals surface area contributed by atoms with Gasteiger partial charge in [0.2, 0.25) is 0 Å². The van der Waals surface area contributed by atoms with Crippen LogP contribution in [0.3, 0.4) is 0 Å². The fourth-order valence-electron chi connectivity index (χ4n) is 2.99. The number of hydrogen-bond donors (Lipinski definition) is 1. The minimum absolute atomic E-state index is 0.246. The van der Waals surface area contributed by atoms with Crippen molar-refractivity contribution in [2.75, 3.05) is 13.2 Å². The average Bonchev–Trinajstić information content (AvgIpc) is 3.06. The van der Waals surface area contributed by atoms with Gasteiger partial charge >= 0.3 is 0 Å². The van der Waals surface area contributed by atoms with Crippen LogP contribution in [0.15, 0.2) is 28.7 Å². The predicted octanol–water partition coefficient (Wildman–Crippen LogP) is 3.96. The molecule has 1 aromatic carbocycles. The molecule has 0 spiro atoms. The molecule has 0 saturated carbocycles. The van der Waals surface area contributed by atoms with Gasteiger partial charge in [0, 0.05) is 12.0 Å². The first kappa shape index (κ1) is 13.7. The number of nitrogens with one attached hydrogen (secondary N) is 1. The molecular formula is C17H23NO2. The van der Waals surface area contributed by atoms with E-state index in [2.05, 4.69) is 43.4 Å². The Hall–Kier alpha value is -1.32. The highest BCUT2D eigenvalue weighted by Crippen LogP contribution is 2.29. The highest BCUT2D eigenvalue weighted by Gasteiger charge is 2.23. The molecule has 3 rings (SSSR count). The molecule has 1 aliphatic heterocycles. The van der Waals surface area contributed by atoms with Crippen LogP contribution in [-0.2, 0) is 4.74 Å². The van der Waals surface area contributed by atoms with Crippen LogP contribution in [0.1, 0.15) is 43.6 Å². The van der Waals surface area contributed by atoms with Gasteiger partial charge in [0.1, 0.15) is 11.3 Å². The van der Waals surface area contributed by atoms with Crippen molar-refractivity contribution in [1.82, 2.24) is 5.32 Å². The SMILES string of the molecule is CCNC(CC1CCCO1)c1cc2cc(C)ccc2o1. The summed E-state index contributed by atoms with van der Waals surface area (Å²) in [5.74, 6) is 1.03. The first-order valence-corrected chi connectivity index (χ1v) is 7.61. The molecule has 0 radical (unpaired) electrons. The second-order valence-electron chi connectivity index (χ2n) is 5.67. The van der Waals surface area contributed by atoms with Crippen LogP contribution in [0.25, 0.3) is 11.0 Å². The molecular weight excluding hydrogens is 250 g/mol. The molecule has 20 heavy (non-hydrogen) atoms. The van der Waals surface area contributed by atoms with Crippen molar-refractivity contribution < 1.29 is 9.15 Å². The lowest BCUT2D eigenvalue weighted by Crippen LogP contribution is -2.24. The Morgan fingerprint density at radius 1 is 1.35 bits per heavy atom. The highest BCUT2D eigenvalue weighted by atomic mass is 16.5. The van der Waals surface area contributed by atoms with Gasteiger partial charge in [-0.1, -0.05) is 18.6 Å². The monoisotopic (exact) mass is 273 g/mol. The van der Waals surface area contributed by atoms with E-state index in [1.165, 1.54) is 23.8 Å². The summed E-state index contributed by atoms with van der Waals surface area (Å²) in [6.45, 7) is 6.09. The van der Waals surface area contributed by atoms with E-state index in [1.54, 1.807) is 0 Å². The molecule has 2 unspecified atom stereocenters. The van der Waals surface area contributed by atoms with Crippen LogP contribution >= 0.6 is 0 Å². The smallest absolute Gasteiger partial charge is 0.134 e. The quantitative estimate of drug-likeness (QED) is 0.895. The number of aryl methyl sites for hydroxylation is 1. The summed E-state index contributed by atoms with van der Waals surface area (Å²) in [6.07, 6.45) is 3.71. The summed E-state index contributed by atoms with van der Waals surface area (Å²) in [4.78, 5) is 0. The Bertz CT molecular complexity index is 569. The first-order chi connectivity index (χ1) is 9.76. The molecule has 1 fully saturated rings. The number of fused-ring (bicyclic) bond motifs is 1. The van der Waals surface area contributed by atoms with E-state index in [4.69, 9.17) is 9.15 Å². The molecule has 1 saturated heterocycles. The molecule has 2 aromatic rings. The largest absolute Gasteiger partial charge is 0.459 e. The zero-order valence-corrected chi connectivity index (χ0v) is 12.3. The van der Waals surface area contributed by atoms with Gasteiger partial charge in [0.05, 0.1) is 12.1 Å². The maximum atomic E-state index is 6.03. The Morgan fingerprint density at radius 3 is 3.00 bits per heavy atom. The van der Waals surface area contributed by atoms with Crippen molar-refractivity contribution >= 4 is 11.0 Å². The summed E-state index contributed by atoms with van der Waals surface area (Å²) < 4.78 is 11.8. The van der Waals surface area contributed by atoms with Crippen LogP contribution in [0.2, 0.25) is 0 Å². The van der Waals surface area contributed by atoms with Gasteiger partial charge in [0.15, 0.2) is 0 Å². The average molecular weight is 273 g/mol. The molecule has 0 aliphatic carbocycles. The van der Waals surface area contributed by atoms with Gasteiger partial charge in [-0.05, 0) is 50.9 Å². The molecule has 3 heteroatoms. The summed E-state index contributed by atoms with van der Waals surface area (Å²) in [6, 6.07) is 8.75. The van der Waals surface area contributed by atoms with E-state index in [9.17, 15) is 0 Å². The van der Waals surface area contributed by atoms with Crippen molar-refractivity contribution in [3.05, 3.63) is 35.6 Å². The molecule has 1 aromatic heterocycles. The van der Waals surface area contributed by atoms with E-state index in [1.807, 2.05) is 0 Å². The number of rotatable bonds is 5. The van der Waals surface area contributed by atoms with Gasteiger partial charge in [0.25, 0.3) is 0 Å². The minimum atomic E-state index is 0.246. The lowest BCUT2D eigenvalue weighted by atomic mass is 10.0. The van der Waals surface area contributed by atoms with E-state index >= 15 is 0 Å². The van der Waals surface area contributed by atoms with E-state index < -0.39 is 0 Å². The zero-order chi connectivity index (χ0) is 13.9. The third-order valence-electron chi connectivity index (χ3n) is 4.01. The molecule has 0 amide bonds. The van der Waals surface area contributed by atoms with Crippen LogP contribution < -0.4 is 5.32 Å². The number of ether oxygens (including phenoxy) is 1. The Labute approximate surface area is 120 Å². The maximum absolute atomic E-state index is 6.03. The molecule has 2 atom stereocenters. The standard InChI is InChI=1S/C17H23NO2/c1-3-18-15(11-14-5-4-8-19-14)17-10-13-9-12(2)6-7-16(13)20-17/h6-7,9-10,14-15,18H,3-5,8,11H2,1-2H3. The van der Waals surface area contributed by atoms with Gasteiger partial charge in [-0.3, -0.25) is 0 Å². The fraction of sp³-hybridized carbons (Fsp3) is 0.529. The first-order valence-electron chi connectivity index (χ1n) is 7.61. The summed E-state index contributed by atoms with van der Waals surface area (Å²) in [7, 11) is 0. The van der Waals surface area contributed by atoms with Crippen LogP contribution in [0.5, 0.6) is 0 Å². The Kier molecular flexibility index (Phi) is 4.08. The Morgan fingerprint density at radius 2 is 2.25 bits per heavy atom. The second-order valence-corrected chi connectivity index (χ2v) is 5.67. The van der Waals surface area contributed by atoms with Crippen LogP contribution in [0.4, 0.5) is 0 Å². The van der Waals surface area contributed by atoms with E-state index in [0.29, 0.717) is 6.10 Å². The summed E-state index contributed by atoms with van der Waals surface area (Å²) in [5.41, 5.74) is 2.24. The van der Waals surface area contributed by atoms with Gasteiger partial charge in [-0.2, -0.15) is 0 Å². The van der Waals surface area contributed by atoms with Gasteiger partial charge < -0.3 is 14.5 Å². The normalized spacial score (nSPS) is 20.6. The predicted molar refractivity (Wildman–Crippen MR) is 81.0 cm³/mol. The molecule has 2 heterocycles. The van der Waals surface area contributed by atoms with Gasteiger partial charge in [-0.25, -0.2) is 0 Å². The maximum Gasteiger partial charge on any atom is 0.134 e. The summed E-state index contributed by atoms with van der Waals surface area (Å²) in [5, 5.41) is 4.72. The second kappa shape index (κ2) is 5.98.